The average molecular weight is 408 g/mol. The summed E-state index contributed by atoms with van der Waals surface area (Å²) in [5, 5.41) is 9.09. The summed E-state index contributed by atoms with van der Waals surface area (Å²) in [6, 6.07) is 13.5. The van der Waals surface area contributed by atoms with Gasteiger partial charge in [0, 0.05) is 10.9 Å². The van der Waals surface area contributed by atoms with E-state index in [4.69, 9.17) is 9.47 Å². The molecule has 0 spiro atoms. The molecule has 0 radical (unpaired) electrons. The molecule has 2 aromatic carbocycles. The van der Waals surface area contributed by atoms with Gasteiger partial charge in [-0.3, -0.25) is 10.1 Å². The van der Waals surface area contributed by atoms with Gasteiger partial charge in [-0.2, -0.15) is 4.98 Å². The normalized spacial score (nSPS) is 10.9. The number of nitrogens with one attached hydrogen (secondary N) is 1. The van der Waals surface area contributed by atoms with Crippen LogP contribution in [-0.2, 0) is 4.79 Å². The molecular formula is C21H20N4O3S. The van der Waals surface area contributed by atoms with Gasteiger partial charge in [-0.05, 0) is 55.3 Å². The Morgan fingerprint density at radius 3 is 2.72 bits per heavy atom. The highest BCUT2D eigenvalue weighted by Crippen LogP contribution is 2.27. The minimum absolute atomic E-state index is 0.109. The standard InChI is InChI=1S/C21H20N4O3S/c1-13-5-4-6-18(14(13)2)28-11-19(26)22-20-23-21-25(24-20)17(12-29-21)15-7-9-16(27-3)10-8-15/h4-10,12H,11H2,1-3H3,(H,22,24,26). The van der Waals surface area contributed by atoms with Gasteiger partial charge in [-0.1, -0.05) is 12.1 Å². The van der Waals surface area contributed by atoms with Crippen molar-refractivity contribution >= 4 is 28.2 Å². The number of nitrogens with zero attached hydrogens (tertiary/aromatic N) is 3. The van der Waals surface area contributed by atoms with E-state index in [1.165, 1.54) is 11.3 Å². The van der Waals surface area contributed by atoms with Crippen molar-refractivity contribution in [3.05, 3.63) is 59.0 Å². The zero-order valence-corrected chi connectivity index (χ0v) is 17.1. The number of anilines is 1. The second kappa shape index (κ2) is 7.92. The first-order valence-corrected chi connectivity index (χ1v) is 9.90. The predicted molar refractivity (Wildman–Crippen MR) is 113 cm³/mol. The van der Waals surface area contributed by atoms with Crippen LogP contribution in [0.3, 0.4) is 0 Å². The Morgan fingerprint density at radius 1 is 1.17 bits per heavy atom. The van der Waals surface area contributed by atoms with Crippen molar-refractivity contribution in [2.75, 3.05) is 19.0 Å². The van der Waals surface area contributed by atoms with Gasteiger partial charge in [0.25, 0.3) is 11.9 Å². The lowest BCUT2D eigenvalue weighted by Crippen LogP contribution is -2.21. The van der Waals surface area contributed by atoms with E-state index < -0.39 is 0 Å². The molecule has 4 rings (SSSR count). The first kappa shape index (κ1) is 18.9. The molecule has 0 atom stereocenters. The second-order valence-electron chi connectivity index (χ2n) is 6.51. The number of ether oxygens (including phenoxy) is 2. The third-order valence-electron chi connectivity index (χ3n) is 4.63. The number of benzene rings is 2. The summed E-state index contributed by atoms with van der Waals surface area (Å²) in [4.78, 5) is 17.3. The lowest BCUT2D eigenvalue weighted by molar-refractivity contribution is -0.118. The number of thiazole rings is 1. The van der Waals surface area contributed by atoms with Crippen LogP contribution < -0.4 is 14.8 Å². The van der Waals surface area contributed by atoms with E-state index in [1.807, 2.05) is 61.7 Å². The van der Waals surface area contributed by atoms with Crippen LogP contribution in [0, 0.1) is 13.8 Å². The van der Waals surface area contributed by atoms with Gasteiger partial charge < -0.3 is 9.47 Å². The molecule has 1 amide bonds. The first-order valence-electron chi connectivity index (χ1n) is 9.02. The zero-order valence-electron chi connectivity index (χ0n) is 16.3. The molecule has 0 bridgehead atoms. The number of amides is 1. The molecule has 0 aliphatic heterocycles. The Morgan fingerprint density at radius 2 is 1.97 bits per heavy atom. The number of carbonyl (C=O) groups is 1. The number of carbonyl (C=O) groups excluding carboxylic acids is 1. The summed E-state index contributed by atoms with van der Waals surface area (Å²) in [5.74, 6) is 1.42. The SMILES string of the molecule is COc1ccc(-c2csc3nc(NC(=O)COc4cccc(C)c4C)nn23)cc1. The first-order chi connectivity index (χ1) is 14.0. The number of hydrogen-bond acceptors (Lipinski definition) is 6. The van der Waals surface area contributed by atoms with Gasteiger partial charge in [0.05, 0.1) is 12.8 Å². The van der Waals surface area contributed by atoms with Gasteiger partial charge in [0.15, 0.2) is 6.61 Å². The zero-order chi connectivity index (χ0) is 20.4. The van der Waals surface area contributed by atoms with E-state index >= 15 is 0 Å². The van der Waals surface area contributed by atoms with Crippen molar-refractivity contribution in [3.63, 3.8) is 0 Å². The molecule has 7 nitrogen and oxygen atoms in total. The highest BCUT2D eigenvalue weighted by molar-refractivity contribution is 7.15. The summed E-state index contributed by atoms with van der Waals surface area (Å²) < 4.78 is 12.6. The Labute approximate surface area is 171 Å². The molecular weight excluding hydrogens is 388 g/mol. The molecule has 148 valence electrons. The fraction of sp³-hybridized carbons (Fsp3) is 0.190. The molecule has 0 aliphatic carbocycles. The van der Waals surface area contributed by atoms with Crippen LogP contribution in [0.25, 0.3) is 16.2 Å². The average Bonchev–Trinajstić information content (AvgIpc) is 3.29. The number of rotatable bonds is 6. The molecule has 8 heteroatoms. The van der Waals surface area contributed by atoms with E-state index in [-0.39, 0.29) is 18.5 Å². The van der Waals surface area contributed by atoms with Crippen molar-refractivity contribution < 1.29 is 14.3 Å². The van der Waals surface area contributed by atoms with Crippen LogP contribution in [0.15, 0.2) is 47.8 Å². The topological polar surface area (TPSA) is 77.8 Å². The number of hydrogen-bond donors (Lipinski definition) is 1. The minimum atomic E-state index is -0.310. The molecule has 29 heavy (non-hydrogen) atoms. The molecule has 0 saturated carbocycles. The summed E-state index contributed by atoms with van der Waals surface area (Å²) in [6.07, 6.45) is 0. The second-order valence-corrected chi connectivity index (χ2v) is 7.35. The predicted octanol–water partition coefficient (Wildman–Crippen LogP) is 4.10. The maximum atomic E-state index is 12.3. The van der Waals surface area contributed by atoms with Gasteiger partial charge in [0.1, 0.15) is 11.5 Å². The smallest absolute Gasteiger partial charge is 0.264 e. The van der Waals surface area contributed by atoms with E-state index in [2.05, 4.69) is 15.4 Å². The van der Waals surface area contributed by atoms with Crippen LogP contribution in [0.1, 0.15) is 11.1 Å². The largest absolute Gasteiger partial charge is 0.497 e. The van der Waals surface area contributed by atoms with E-state index in [1.54, 1.807) is 11.6 Å². The maximum Gasteiger partial charge on any atom is 0.264 e. The van der Waals surface area contributed by atoms with E-state index in [0.717, 1.165) is 28.1 Å². The van der Waals surface area contributed by atoms with Gasteiger partial charge in [0.2, 0.25) is 4.96 Å². The van der Waals surface area contributed by atoms with E-state index in [0.29, 0.717) is 10.7 Å². The molecule has 2 heterocycles. The van der Waals surface area contributed by atoms with Crippen LogP contribution >= 0.6 is 11.3 Å². The van der Waals surface area contributed by atoms with Crippen molar-refractivity contribution in [2.24, 2.45) is 0 Å². The monoisotopic (exact) mass is 408 g/mol. The molecule has 2 aromatic heterocycles. The molecule has 4 aromatic rings. The number of aryl methyl sites for hydroxylation is 1. The van der Waals surface area contributed by atoms with Crippen LogP contribution in [0.5, 0.6) is 11.5 Å². The van der Waals surface area contributed by atoms with Gasteiger partial charge >= 0.3 is 0 Å². The summed E-state index contributed by atoms with van der Waals surface area (Å²) >= 11 is 1.46. The van der Waals surface area contributed by atoms with Crippen LogP contribution in [0.2, 0.25) is 0 Å². The maximum absolute atomic E-state index is 12.3. The van der Waals surface area contributed by atoms with E-state index in [9.17, 15) is 4.79 Å². The fourth-order valence-electron chi connectivity index (χ4n) is 2.88. The van der Waals surface area contributed by atoms with Crippen molar-refractivity contribution in [1.82, 2.24) is 14.6 Å². The lowest BCUT2D eigenvalue weighted by Gasteiger charge is -2.10. The number of fused-ring (bicyclic) bond motifs is 1. The quantitative estimate of drug-likeness (QED) is 0.520. The molecule has 0 saturated heterocycles. The third kappa shape index (κ3) is 3.93. The summed E-state index contributed by atoms with van der Waals surface area (Å²) in [6.45, 7) is 3.86. The minimum Gasteiger partial charge on any atom is -0.497 e. The van der Waals surface area contributed by atoms with Crippen molar-refractivity contribution in [3.8, 4) is 22.8 Å². The van der Waals surface area contributed by atoms with Crippen molar-refractivity contribution in [1.29, 1.82) is 0 Å². The number of aromatic nitrogens is 3. The highest BCUT2D eigenvalue weighted by atomic mass is 32.1. The Hall–Kier alpha value is -3.39. The lowest BCUT2D eigenvalue weighted by atomic mass is 10.1. The highest BCUT2D eigenvalue weighted by Gasteiger charge is 2.14. The van der Waals surface area contributed by atoms with Crippen LogP contribution in [-0.4, -0.2) is 34.2 Å². The van der Waals surface area contributed by atoms with Crippen LogP contribution in [0.4, 0.5) is 5.95 Å². The summed E-state index contributed by atoms with van der Waals surface area (Å²) in [5.41, 5.74) is 4.01. The number of methoxy groups -OCH3 is 1. The van der Waals surface area contributed by atoms with Gasteiger partial charge in [-0.25, -0.2) is 4.52 Å². The summed E-state index contributed by atoms with van der Waals surface area (Å²) in [7, 11) is 1.63. The Kier molecular flexibility index (Phi) is 5.18. The Balaban J connectivity index is 1.46. The molecule has 0 aliphatic rings. The molecule has 0 fully saturated rings. The Bertz CT molecular complexity index is 1160. The van der Waals surface area contributed by atoms with Crippen molar-refractivity contribution in [2.45, 2.75) is 13.8 Å². The van der Waals surface area contributed by atoms with Gasteiger partial charge in [-0.15, -0.1) is 16.4 Å². The fourth-order valence-corrected chi connectivity index (χ4v) is 3.71. The third-order valence-corrected chi connectivity index (χ3v) is 5.45. The molecule has 0 unspecified atom stereocenters. The molecule has 1 N–H and O–H groups in total.